The third kappa shape index (κ3) is 3.63. The number of carboxylic acid groups (broad SMARTS) is 1. The molecule has 0 aliphatic heterocycles. The van der Waals surface area contributed by atoms with Crippen LogP contribution in [0.15, 0.2) is 18.2 Å². The Balaban J connectivity index is 2.19. The Labute approximate surface area is 118 Å². The lowest BCUT2D eigenvalue weighted by Crippen LogP contribution is -2.30. The van der Waals surface area contributed by atoms with Crippen molar-refractivity contribution in [3.63, 3.8) is 0 Å². The summed E-state index contributed by atoms with van der Waals surface area (Å²) < 4.78 is 10.9. The number of ether oxygens (including phenoxy) is 2. The van der Waals surface area contributed by atoms with E-state index >= 15 is 0 Å². The smallest absolute Gasteiger partial charge is 0.325 e. The number of carboxylic acids is 1. The fourth-order valence-electron chi connectivity index (χ4n) is 1.99. The Hall–Kier alpha value is -1.75. The van der Waals surface area contributed by atoms with E-state index < -0.39 is 12.0 Å². The van der Waals surface area contributed by atoms with E-state index in [1.165, 1.54) is 0 Å². The van der Waals surface area contributed by atoms with E-state index in [-0.39, 0.29) is 0 Å². The van der Waals surface area contributed by atoms with E-state index in [0.29, 0.717) is 29.7 Å². The van der Waals surface area contributed by atoms with Gasteiger partial charge in [-0.2, -0.15) is 0 Å². The van der Waals surface area contributed by atoms with Crippen LogP contribution in [-0.2, 0) is 4.79 Å². The molecule has 1 unspecified atom stereocenters. The van der Waals surface area contributed by atoms with Crippen molar-refractivity contribution in [1.29, 1.82) is 0 Å². The van der Waals surface area contributed by atoms with Crippen LogP contribution in [0.4, 0.5) is 0 Å². The molecular formula is C15H21NO4. The van der Waals surface area contributed by atoms with Crippen molar-refractivity contribution in [3.05, 3.63) is 23.8 Å². The number of methoxy groups -OCH3 is 1. The van der Waals surface area contributed by atoms with Crippen molar-refractivity contribution in [2.24, 2.45) is 0 Å². The van der Waals surface area contributed by atoms with Crippen molar-refractivity contribution < 1.29 is 19.4 Å². The molecule has 20 heavy (non-hydrogen) atoms. The average Bonchev–Trinajstić information content (AvgIpc) is 3.26. The van der Waals surface area contributed by atoms with Crippen molar-refractivity contribution in [2.75, 3.05) is 13.7 Å². The SMILES string of the molecule is CCCOc1ccc(C(NC2CC2)C(=O)O)cc1OC. The van der Waals surface area contributed by atoms with Gasteiger partial charge in [0.25, 0.3) is 0 Å². The van der Waals surface area contributed by atoms with Crippen LogP contribution in [0.1, 0.15) is 37.8 Å². The van der Waals surface area contributed by atoms with Gasteiger partial charge in [0.1, 0.15) is 6.04 Å². The van der Waals surface area contributed by atoms with E-state index in [1.807, 2.05) is 6.92 Å². The Morgan fingerprint density at radius 1 is 1.45 bits per heavy atom. The van der Waals surface area contributed by atoms with Gasteiger partial charge in [0, 0.05) is 6.04 Å². The number of aliphatic carboxylic acids is 1. The normalized spacial score (nSPS) is 15.7. The molecule has 5 heteroatoms. The maximum Gasteiger partial charge on any atom is 0.325 e. The van der Waals surface area contributed by atoms with Crippen LogP contribution in [0.2, 0.25) is 0 Å². The lowest BCUT2D eigenvalue weighted by atomic mass is 10.1. The zero-order valence-corrected chi connectivity index (χ0v) is 11.9. The molecule has 0 spiro atoms. The van der Waals surface area contributed by atoms with Crippen LogP contribution in [0.5, 0.6) is 11.5 Å². The third-order valence-electron chi connectivity index (χ3n) is 3.21. The second kappa shape index (κ2) is 6.61. The molecule has 1 fully saturated rings. The molecule has 1 aliphatic carbocycles. The summed E-state index contributed by atoms with van der Waals surface area (Å²) in [5, 5.41) is 12.5. The number of benzene rings is 1. The zero-order chi connectivity index (χ0) is 14.5. The topological polar surface area (TPSA) is 67.8 Å². The minimum Gasteiger partial charge on any atom is -0.493 e. The molecule has 0 aromatic heterocycles. The first-order valence-electron chi connectivity index (χ1n) is 6.95. The highest BCUT2D eigenvalue weighted by atomic mass is 16.5. The van der Waals surface area contributed by atoms with Crippen LogP contribution in [-0.4, -0.2) is 30.8 Å². The summed E-state index contributed by atoms with van der Waals surface area (Å²) in [6, 6.07) is 4.91. The number of carbonyl (C=O) groups is 1. The third-order valence-corrected chi connectivity index (χ3v) is 3.21. The maximum absolute atomic E-state index is 11.4. The van der Waals surface area contributed by atoms with Crippen LogP contribution in [0.3, 0.4) is 0 Å². The summed E-state index contributed by atoms with van der Waals surface area (Å²) >= 11 is 0. The van der Waals surface area contributed by atoms with Crippen molar-refractivity contribution in [3.8, 4) is 11.5 Å². The van der Waals surface area contributed by atoms with Crippen LogP contribution in [0.25, 0.3) is 0 Å². The predicted molar refractivity (Wildman–Crippen MR) is 75.3 cm³/mol. The Morgan fingerprint density at radius 2 is 2.20 bits per heavy atom. The first-order chi connectivity index (χ1) is 9.65. The fraction of sp³-hybridized carbons (Fsp3) is 0.533. The van der Waals surface area contributed by atoms with Crippen LogP contribution < -0.4 is 14.8 Å². The fourth-order valence-corrected chi connectivity index (χ4v) is 1.99. The molecule has 1 atom stereocenters. The van der Waals surface area contributed by atoms with Crippen LogP contribution in [0, 0.1) is 0 Å². The largest absolute Gasteiger partial charge is 0.493 e. The van der Waals surface area contributed by atoms with Gasteiger partial charge in [-0.05, 0) is 37.0 Å². The van der Waals surface area contributed by atoms with E-state index in [9.17, 15) is 9.90 Å². The minimum atomic E-state index is -0.874. The summed E-state index contributed by atoms with van der Waals surface area (Å²) in [6.45, 7) is 2.64. The highest BCUT2D eigenvalue weighted by Gasteiger charge is 2.29. The first-order valence-corrected chi connectivity index (χ1v) is 6.95. The van der Waals surface area contributed by atoms with Crippen molar-refractivity contribution in [2.45, 2.75) is 38.3 Å². The van der Waals surface area contributed by atoms with E-state index in [4.69, 9.17) is 9.47 Å². The monoisotopic (exact) mass is 279 g/mol. The quantitative estimate of drug-likeness (QED) is 0.764. The van der Waals surface area contributed by atoms with Gasteiger partial charge in [0.2, 0.25) is 0 Å². The average molecular weight is 279 g/mol. The molecule has 5 nitrogen and oxygen atoms in total. The summed E-state index contributed by atoms with van der Waals surface area (Å²) in [4.78, 5) is 11.4. The molecule has 110 valence electrons. The van der Waals surface area contributed by atoms with E-state index in [0.717, 1.165) is 19.3 Å². The Bertz CT molecular complexity index is 471. The molecule has 0 amide bonds. The Morgan fingerprint density at radius 3 is 2.75 bits per heavy atom. The molecule has 0 saturated heterocycles. The molecule has 0 radical (unpaired) electrons. The zero-order valence-electron chi connectivity index (χ0n) is 11.9. The molecule has 1 aliphatic rings. The van der Waals surface area contributed by atoms with Crippen LogP contribution >= 0.6 is 0 Å². The highest BCUT2D eigenvalue weighted by molar-refractivity contribution is 5.76. The standard InChI is InChI=1S/C15H21NO4/c1-3-8-20-12-7-4-10(9-13(12)19-2)14(15(17)18)16-11-5-6-11/h4,7,9,11,14,16H,3,5-6,8H2,1-2H3,(H,17,18). The van der Waals surface area contributed by atoms with Gasteiger partial charge in [0.15, 0.2) is 11.5 Å². The van der Waals surface area contributed by atoms with E-state index in [1.54, 1.807) is 25.3 Å². The number of nitrogens with one attached hydrogen (secondary N) is 1. The van der Waals surface area contributed by atoms with Gasteiger partial charge in [-0.25, -0.2) is 0 Å². The summed E-state index contributed by atoms with van der Waals surface area (Å²) in [5.74, 6) is 0.342. The number of rotatable bonds is 8. The number of hydrogen-bond donors (Lipinski definition) is 2. The van der Waals surface area contributed by atoms with Gasteiger partial charge >= 0.3 is 5.97 Å². The molecule has 2 rings (SSSR count). The second-order valence-corrected chi connectivity index (χ2v) is 4.97. The first kappa shape index (κ1) is 14.7. The summed E-state index contributed by atoms with van der Waals surface area (Å²) in [7, 11) is 1.56. The van der Waals surface area contributed by atoms with Gasteiger partial charge in [-0.15, -0.1) is 0 Å². The van der Waals surface area contributed by atoms with Gasteiger partial charge < -0.3 is 14.6 Å². The summed E-state index contributed by atoms with van der Waals surface area (Å²) in [5.41, 5.74) is 0.685. The van der Waals surface area contributed by atoms with Crippen molar-refractivity contribution >= 4 is 5.97 Å². The predicted octanol–water partition coefficient (Wildman–Crippen LogP) is 2.36. The van der Waals surface area contributed by atoms with Gasteiger partial charge in [0.05, 0.1) is 13.7 Å². The molecule has 0 heterocycles. The second-order valence-electron chi connectivity index (χ2n) is 4.97. The molecule has 1 saturated carbocycles. The molecule has 2 N–H and O–H groups in total. The van der Waals surface area contributed by atoms with Gasteiger partial charge in [-0.1, -0.05) is 13.0 Å². The maximum atomic E-state index is 11.4. The lowest BCUT2D eigenvalue weighted by molar-refractivity contribution is -0.139. The molecule has 1 aromatic carbocycles. The minimum absolute atomic E-state index is 0.318. The summed E-state index contributed by atoms with van der Waals surface area (Å²) in [6.07, 6.45) is 2.99. The molecule has 1 aromatic rings. The van der Waals surface area contributed by atoms with E-state index in [2.05, 4.69) is 5.32 Å². The van der Waals surface area contributed by atoms with Crippen molar-refractivity contribution in [1.82, 2.24) is 5.32 Å². The lowest BCUT2D eigenvalue weighted by Gasteiger charge is -2.17. The molecule has 0 bridgehead atoms. The highest BCUT2D eigenvalue weighted by Crippen LogP contribution is 2.32. The van der Waals surface area contributed by atoms with Gasteiger partial charge in [-0.3, -0.25) is 10.1 Å². The molecular weight excluding hydrogens is 258 g/mol. The number of hydrogen-bond acceptors (Lipinski definition) is 4. The Kier molecular flexibility index (Phi) is 4.84.